The van der Waals surface area contributed by atoms with Crippen LogP contribution in [0.15, 0.2) is 10.7 Å². The summed E-state index contributed by atoms with van der Waals surface area (Å²) in [5.74, 6) is 0. The molecule has 1 amide bonds. The molecule has 0 N–H and O–H groups in total. The molecule has 0 spiro atoms. The van der Waals surface area contributed by atoms with Crippen LogP contribution in [0.1, 0.15) is 32.9 Å². The minimum absolute atomic E-state index is 0.0990. The zero-order valence-corrected chi connectivity index (χ0v) is 14.3. The van der Waals surface area contributed by atoms with Crippen LogP contribution in [-0.4, -0.2) is 45.8 Å². The SMILES string of the molecule is Cc1nc(OC2CCN(C(=O)OC(C)(C)C)C2)ncc1Br. The van der Waals surface area contributed by atoms with Crippen molar-refractivity contribution < 1.29 is 14.3 Å². The van der Waals surface area contributed by atoms with Gasteiger partial charge in [0.05, 0.1) is 16.7 Å². The number of nitrogens with zero attached hydrogens (tertiary/aromatic N) is 3. The first kappa shape index (κ1) is 16.0. The molecule has 0 saturated carbocycles. The lowest BCUT2D eigenvalue weighted by molar-refractivity contribution is 0.0274. The van der Waals surface area contributed by atoms with E-state index in [1.165, 1.54) is 0 Å². The van der Waals surface area contributed by atoms with Gasteiger partial charge in [-0.15, -0.1) is 0 Å². The van der Waals surface area contributed by atoms with Gasteiger partial charge in [-0.05, 0) is 43.6 Å². The van der Waals surface area contributed by atoms with E-state index in [2.05, 4.69) is 25.9 Å². The number of amides is 1. The number of hydrogen-bond acceptors (Lipinski definition) is 5. The smallest absolute Gasteiger partial charge is 0.410 e. The fraction of sp³-hybridized carbons (Fsp3) is 0.643. The molecule has 2 rings (SSSR count). The van der Waals surface area contributed by atoms with Gasteiger partial charge >= 0.3 is 12.1 Å². The Morgan fingerprint density at radius 2 is 2.19 bits per heavy atom. The van der Waals surface area contributed by atoms with Crippen molar-refractivity contribution in [1.29, 1.82) is 0 Å². The Kier molecular flexibility index (Phi) is 4.70. The van der Waals surface area contributed by atoms with E-state index in [-0.39, 0.29) is 12.2 Å². The van der Waals surface area contributed by atoms with E-state index in [4.69, 9.17) is 9.47 Å². The maximum Gasteiger partial charge on any atom is 0.410 e. The van der Waals surface area contributed by atoms with Crippen LogP contribution < -0.4 is 4.74 Å². The highest BCUT2D eigenvalue weighted by atomic mass is 79.9. The van der Waals surface area contributed by atoms with Crippen molar-refractivity contribution in [3.63, 3.8) is 0 Å². The topological polar surface area (TPSA) is 64.5 Å². The van der Waals surface area contributed by atoms with Gasteiger partial charge in [-0.25, -0.2) is 9.78 Å². The third-order valence-corrected chi connectivity index (χ3v) is 3.74. The monoisotopic (exact) mass is 357 g/mol. The minimum Gasteiger partial charge on any atom is -0.458 e. The van der Waals surface area contributed by atoms with E-state index in [9.17, 15) is 4.79 Å². The molecule has 116 valence electrons. The number of ether oxygens (including phenoxy) is 2. The molecule has 1 aromatic heterocycles. The molecular weight excluding hydrogens is 338 g/mol. The number of rotatable bonds is 2. The molecule has 1 aliphatic rings. The first-order valence-electron chi connectivity index (χ1n) is 6.88. The van der Waals surface area contributed by atoms with E-state index in [0.717, 1.165) is 16.6 Å². The van der Waals surface area contributed by atoms with Crippen LogP contribution in [0, 0.1) is 6.92 Å². The molecule has 0 aromatic carbocycles. The summed E-state index contributed by atoms with van der Waals surface area (Å²) >= 11 is 3.35. The maximum absolute atomic E-state index is 12.0. The van der Waals surface area contributed by atoms with Crippen molar-refractivity contribution in [3.8, 4) is 6.01 Å². The summed E-state index contributed by atoms with van der Waals surface area (Å²) < 4.78 is 11.9. The van der Waals surface area contributed by atoms with Crippen molar-refractivity contribution in [2.45, 2.75) is 45.8 Å². The van der Waals surface area contributed by atoms with Gasteiger partial charge < -0.3 is 14.4 Å². The van der Waals surface area contributed by atoms with E-state index < -0.39 is 5.60 Å². The number of carbonyl (C=O) groups excluding carboxylic acids is 1. The van der Waals surface area contributed by atoms with Crippen LogP contribution in [0.25, 0.3) is 0 Å². The predicted molar refractivity (Wildman–Crippen MR) is 81.3 cm³/mol. The predicted octanol–water partition coefficient (Wildman–Crippen LogP) is 2.94. The molecule has 1 unspecified atom stereocenters. The van der Waals surface area contributed by atoms with Crippen LogP contribution in [0.4, 0.5) is 4.79 Å². The van der Waals surface area contributed by atoms with Crippen LogP contribution in [0.2, 0.25) is 0 Å². The molecule has 0 aliphatic carbocycles. The molecule has 1 fully saturated rings. The highest BCUT2D eigenvalue weighted by Gasteiger charge is 2.31. The average molecular weight is 358 g/mol. The Balaban J connectivity index is 1.90. The van der Waals surface area contributed by atoms with Crippen LogP contribution in [-0.2, 0) is 4.74 Å². The van der Waals surface area contributed by atoms with Gasteiger partial charge in [0.1, 0.15) is 11.7 Å². The third kappa shape index (κ3) is 4.56. The van der Waals surface area contributed by atoms with Crippen LogP contribution >= 0.6 is 15.9 Å². The standard InChI is InChI=1S/C14H20BrN3O3/c1-9-11(15)7-16-12(17-9)20-10-5-6-18(8-10)13(19)21-14(2,3)4/h7,10H,5-6,8H2,1-4H3. The van der Waals surface area contributed by atoms with Crippen molar-refractivity contribution in [2.75, 3.05) is 13.1 Å². The van der Waals surface area contributed by atoms with Crippen molar-refractivity contribution in [1.82, 2.24) is 14.9 Å². The first-order valence-corrected chi connectivity index (χ1v) is 7.67. The Hall–Kier alpha value is -1.37. The summed E-state index contributed by atoms with van der Waals surface area (Å²) in [5, 5.41) is 0. The fourth-order valence-corrected chi connectivity index (χ4v) is 2.14. The molecule has 6 nitrogen and oxygen atoms in total. The van der Waals surface area contributed by atoms with E-state index in [0.29, 0.717) is 19.1 Å². The van der Waals surface area contributed by atoms with Gasteiger partial charge in [-0.2, -0.15) is 4.98 Å². The lowest BCUT2D eigenvalue weighted by Gasteiger charge is -2.24. The van der Waals surface area contributed by atoms with E-state index in [1.807, 2.05) is 27.7 Å². The molecule has 2 heterocycles. The van der Waals surface area contributed by atoms with Gasteiger partial charge in [-0.1, -0.05) is 0 Å². The van der Waals surface area contributed by atoms with Gasteiger partial charge in [0.2, 0.25) is 0 Å². The Morgan fingerprint density at radius 1 is 1.48 bits per heavy atom. The van der Waals surface area contributed by atoms with Gasteiger partial charge in [0.15, 0.2) is 0 Å². The molecule has 21 heavy (non-hydrogen) atoms. The quantitative estimate of drug-likeness (QED) is 0.813. The summed E-state index contributed by atoms with van der Waals surface area (Å²) in [6.45, 7) is 8.55. The number of hydrogen-bond donors (Lipinski definition) is 0. The second-order valence-corrected chi connectivity index (χ2v) is 6.90. The number of aryl methyl sites for hydroxylation is 1. The number of aromatic nitrogens is 2. The number of carbonyl (C=O) groups is 1. The lowest BCUT2D eigenvalue weighted by atomic mass is 10.2. The van der Waals surface area contributed by atoms with Crippen molar-refractivity contribution >= 4 is 22.0 Å². The summed E-state index contributed by atoms with van der Waals surface area (Å²) in [4.78, 5) is 22.0. The van der Waals surface area contributed by atoms with Crippen molar-refractivity contribution in [3.05, 3.63) is 16.4 Å². The summed E-state index contributed by atoms with van der Waals surface area (Å²) in [6, 6.07) is 0.340. The average Bonchev–Trinajstić information content (AvgIpc) is 2.80. The molecular formula is C14H20BrN3O3. The number of halogens is 1. The molecule has 1 aromatic rings. The fourth-order valence-electron chi connectivity index (χ4n) is 1.95. The second kappa shape index (κ2) is 6.17. The maximum atomic E-state index is 12.0. The zero-order chi connectivity index (χ0) is 15.6. The lowest BCUT2D eigenvalue weighted by Crippen LogP contribution is -2.36. The summed E-state index contributed by atoms with van der Waals surface area (Å²) in [6.07, 6.45) is 2.01. The van der Waals surface area contributed by atoms with E-state index >= 15 is 0 Å². The van der Waals surface area contributed by atoms with Gasteiger partial charge in [0.25, 0.3) is 0 Å². The Bertz CT molecular complexity index is 531. The normalized spacial score (nSPS) is 18.7. The third-order valence-electron chi connectivity index (χ3n) is 2.97. The molecule has 7 heteroatoms. The highest BCUT2D eigenvalue weighted by Crippen LogP contribution is 2.20. The summed E-state index contributed by atoms with van der Waals surface area (Å²) in [7, 11) is 0. The molecule has 1 aliphatic heterocycles. The largest absolute Gasteiger partial charge is 0.458 e. The Morgan fingerprint density at radius 3 is 2.81 bits per heavy atom. The number of likely N-dealkylation sites (tertiary alicyclic amines) is 1. The van der Waals surface area contributed by atoms with Crippen molar-refractivity contribution in [2.24, 2.45) is 0 Å². The van der Waals surface area contributed by atoms with E-state index in [1.54, 1.807) is 11.1 Å². The molecule has 0 bridgehead atoms. The zero-order valence-electron chi connectivity index (χ0n) is 12.7. The molecule has 1 atom stereocenters. The van der Waals surface area contributed by atoms with Crippen LogP contribution in [0.3, 0.4) is 0 Å². The van der Waals surface area contributed by atoms with Gasteiger partial charge in [0, 0.05) is 19.2 Å². The van der Waals surface area contributed by atoms with Gasteiger partial charge in [-0.3, -0.25) is 0 Å². The Labute approximate surface area is 133 Å². The van der Waals surface area contributed by atoms with Crippen LogP contribution in [0.5, 0.6) is 6.01 Å². The summed E-state index contributed by atoms with van der Waals surface area (Å²) in [5.41, 5.74) is 0.337. The molecule has 0 radical (unpaired) electrons. The first-order chi connectivity index (χ1) is 9.74. The minimum atomic E-state index is -0.484. The molecule has 1 saturated heterocycles. The second-order valence-electron chi connectivity index (χ2n) is 6.04. The highest BCUT2D eigenvalue weighted by molar-refractivity contribution is 9.10.